The molecule has 1 N–H and O–H groups in total. The Morgan fingerprint density at radius 1 is 1.16 bits per heavy atom. The number of hydrogen-bond donors (Lipinski definition) is 1. The smallest absolute Gasteiger partial charge is 0.310 e. The van der Waals surface area contributed by atoms with E-state index in [4.69, 9.17) is 0 Å². The van der Waals surface area contributed by atoms with Gasteiger partial charge >= 0.3 is 6.18 Å². The van der Waals surface area contributed by atoms with Gasteiger partial charge in [-0.3, -0.25) is 0 Å². The first kappa shape index (κ1) is 14.4. The molecule has 2 rings (SSSR count). The van der Waals surface area contributed by atoms with E-state index in [1.165, 1.54) is 25.7 Å². The van der Waals surface area contributed by atoms with E-state index in [9.17, 15) is 13.2 Å². The first-order valence-electron chi connectivity index (χ1n) is 6.86. The van der Waals surface area contributed by atoms with Crippen molar-refractivity contribution < 1.29 is 13.2 Å². The molecule has 1 aromatic rings. The highest BCUT2D eigenvalue weighted by molar-refractivity contribution is 5.24. The highest BCUT2D eigenvalue weighted by Gasteiger charge is 2.29. The summed E-state index contributed by atoms with van der Waals surface area (Å²) in [6, 6.07) is 5.84. The normalized spacial score (nSPS) is 18.7. The summed E-state index contributed by atoms with van der Waals surface area (Å²) >= 11 is 0. The van der Waals surface area contributed by atoms with Crippen LogP contribution in [0.15, 0.2) is 24.3 Å². The topological polar surface area (TPSA) is 12.0 Å². The van der Waals surface area contributed by atoms with E-state index in [0.29, 0.717) is 12.6 Å². The van der Waals surface area contributed by atoms with E-state index in [1.807, 2.05) is 0 Å². The van der Waals surface area contributed by atoms with E-state index < -0.39 is 11.7 Å². The van der Waals surface area contributed by atoms with Gasteiger partial charge in [0.1, 0.15) is 0 Å². The van der Waals surface area contributed by atoms with Crippen molar-refractivity contribution in [1.82, 2.24) is 5.32 Å². The van der Waals surface area contributed by atoms with E-state index >= 15 is 0 Å². The fourth-order valence-electron chi connectivity index (χ4n) is 2.71. The van der Waals surface area contributed by atoms with Gasteiger partial charge in [-0.25, -0.2) is 0 Å². The van der Waals surface area contributed by atoms with E-state index in [-0.39, 0.29) is 0 Å². The Hall–Kier alpha value is -1.03. The lowest BCUT2D eigenvalue weighted by Crippen LogP contribution is -2.31. The molecule has 4 heteroatoms. The fraction of sp³-hybridized carbons (Fsp3) is 0.600. The predicted molar refractivity (Wildman–Crippen MR) is 69.7 cm³/mol. The Morgan fingerprint density at radius 3 is 2.26 bits per heavy atom. The Bertz CT molecular complexity index is 391. The van der Waals surface area contributed by atoms with Crippen LogP contribution < -0.4 is 5.32 Å². The maximum Gasteiger partial charge on any atom is 0.416 e. The van der Waals surface area contributed by atoms with Crippen LogP contribution >= 0.6 is 0 Å². The third-order valence-electron chi connectivity index (χ3n) is 4.02. The number of halogens is 3. The lowest BCUT2D eigenvalue weighted by molar-refractivity contribution is -0.137. The highest BCUT2D eigenvalue weighted by Crippen LogP contribution is 2.29. The van der Waals surface area contributed by atoms with Crippen LogP contribution in [0.2, 0.25) is 0 Å². The van der Waals surface area contributed by atoms with Crippen molar-refractivity contribution >= 4 is 0 Å². The van der Waals surface area contributed by atoms with Crippen molar-refractivity contribution in [1.29, 1.82) is 0 Å². The van der Waals surface area contributed by atoms with Crippen molar-refractivity contribution in [2.75, 3.05) is 0 Å². The number of alkyl halides is 3. The van der Waals surface area contributed by atoms with Gasteiger partial charge in [0.05, 0.1) is 5.56 Å². The second-order valence-electron chi connectivity index (χ2n) is 5.41. The SMILES string of the molecule is C[C@@H](NCc1ccc(C(F)(F)F)cc1)C1CCCC1. The zero-order valence-electron chi connectivity index (χ0n) is 11.1. The van der Waals surface area contributed by atoms with Crippen LogP contribution in [0.1, 0.15) is 43.7 Å². The molecular weight excluding hydrogens is 251 g/mol. The lowest BCUT2D eigenvalue weighted by atomic mass is 9.99. The molecule has 1 aliphatic rings. The molecule has 1 aromatic carbocycles. The molecule has 1 atom stereocenters. The molecular formula is C15H20F3N. The standard InChI is InChI=1S/C15H20F3N/c1-11(13-4-2-3-5-13)19-10-12-6-8-14(9-7-12)15(16,17)18/h6-9,11,13,19H,2-5,10H2,1H3/t11-/m1/s1. The predicted octanol–water partition coefficient (Wildman–Crippen LogP) is 4.37. The van der Waals surface area contributed by atoms with Crippen molar-refractivity contribution in [3.8, 4) is 0 Å². The molecule has 0 aliphatic heterocycles. The summed E-state index contributed by atoms with van der Waals surface area (Å²) in [6.45, 7) is 2.80. The van der Waals surface area contributed by atoms with Crippen LogP contribution in [0.5, 0.6) is 0 Å². The van der Waals surface area contributed by atoms with E-state index in [0.717, 1.165) is 23.6 Å². The van der Waals surface area contributed by atoms with Crippen LogP contribution in [0.25, 0.3) is 0 Å². The van der Waals surface area contributed by atoms with Crippen molar-refractivity contribution in [2.45, 2.75) is 51.4 Å². The minimum atomic E-state index is -4.25. The molecule has 0 heterocycles. The molecule has 0 radical (unpaired) electrons. The van der Waals surface area contributed by atoms with E-state index in [2.05, 4.69) is 12.2 Å². The molecule has 1 aliphatic carbocycles. The van der Waals surface area contributed by atoms with Gasteiger partial charge in [0.25, 0.3) is 0 Å². The molecule has 0 saturated heterocycles. The molecule has 0 aromatic heterocycles. The van der Waals surface area contributed by atoms with Crippen LogP contribution in [-0.2, 0) is 12.7 Å². The van der Waals surface area contributed by atoms with Gasteiger partial charge in [-0.15, -0.1) is 0 Å². The first-order valence-corrected chi connectivity index (χ1v) is 6.86. The summed E-state index contributed by atoms with van der Waals surface area (Å²) in [5.74, 6) is 0.717. The quantitative estimate of drug-likeness (QED) is 0.857. The Kier molecular flexibility index (Phi) is 4.50. The van der Waals surface area contributed by atoms with Gasteiger partial charge in [0.2, 0.25) is 0 Å². The second kappa shape index (κ2) is 5.95. The van der Waals surface area contributed by atoms with Crippen molar-refractivity contribution in [3.63, 3.8) is 0 Å². The Labute approximate surface area is 112 Å². The number of nitrogens with one attached hydrogen (secondary N) is 1. The summed E-state index contributed by atoms with van der Waals surface area (Å²) in [5.41, 5.74) is 0.318. The molecule has 19 heavy (non-hydrogen) atoms. The highest BCUT2D eigenvalue weighted by atomic mass is 19.4. The largest absolute Gasteiger partial charge is 0.416 e. The summed E-state index contributed by atoms with van der Waals surface area (Å²) in [7, 11) is 0. The first-order chi connectivity index (χ1) is 8.97. The molecule has 0 amide bonds. The van der Waals surface area contributed by atoms with Gasteiger partial charge in [0.15, 0.2) is 0 Å². The maximum atomic E-state index is 12.4. The van der Waals surface area contributed by atoms with Crippen LogP contribution in [0.4, 0.5) is 13.2 Å². The third-order valence-corrected chi connectivity index (χ3v) is 4.02. The van der Waals surface area contributed by atoms with Crippen molar-refractivity contribution in [3.05, 3.63) is 35.4 Å². The number of rotatable bonds is 4. The molecule has 1 nitrogen and oxygen atoms in total. The lowest BCUT2D eigenvalue weighted by Gasteiger charge is -2.20. The van der Waals surface area contributed by atoms with Gasteiger partial charge in [-0.1, -0.05) is 25.0 Å². The summed E-state index contributed by atoms with van der Waals surface area (Å²) in [5, 5.41) is 3.42. The van der Waals surface area contributed by atoms with Gasteiger partial charge in [-0.2, -0.15) is 13.2 Å². The van der Waals surface area contributed by atoms with Crippen molar-refractivity contribution in [2.24, 2.45) is 5.92 Å². The third kappa shape index (κ3) is 3.96. The molecule has 0 unspecified atom stereocenters. The molecule has 0 bridgehead atoms. The van der Waals surface area contributed by atoms with Crippen LogP contribution in [-0.4, -0.2) is 6.04 Å². The number of hydrogen-bond acceptors (Lipinski definition) is 1. The summed E-state index contributed by atoms with van der Waals surface area (Å²) in [4.78, 5) is 0. The minimum absolute atomic E-state index is 0.435. The minimum Gasteiger partial charge on any atom is -0.310 e. The summed E-state index contributed by atoms with van der Waals surface area (Å²) < 4.78 is 37.3. The summed E-state index contributed by atoms with van der Waals surface area (Å²) in [6.07, 6.45) is 0.888. The molecule has 106 valence electrons. The zero-order valence-corrected chi connectivity index (χ0v) is 11.1. The average molecular weight is 271 g/mol. The van der Waals surface area contributed by atoms with Crippen LogP contribution in [0.3, 0.4) is 0 Å². The monoisotopic (exact) mass is 271 g/mol. The Balaban J connectivity index is 1.86. The fourth-order valence-corrected chi connectivity index (χ4v) is 2.71. The van der Waals surface area contributed by atoms with Gasteiger partial charge in [-0.05, 0) is 43.4 Å². The average Bonchev–Trinajstić information content (AvgIpc) is 2.89. The maximum absolute atomic E-state index is 12.4. The molecule has 1 saturated carbocycles. The molecule has 1 fully saturated rings. The van der Waals surface area contributed by atoms with Gasteiger partial charge in [0, 0.05) is 12.6 Å². The van der Waals surface area contributed by atoms with Gasteiger partial charge < -0.3 is 5.32 Å². The van der Waals surface area contributed by atoms with Crippen LogP contribution in [0, 0.1) is 5.92 Å². The van der Waals surface area contributed by atoms with E-state index in [1.54, 1.807) is 12.1 Å². The molecule has 0 spiro atoms. The number of benzene rings is 1. The second-order valence-corrected chi connectivity index (χ2v) is 5.41. The zero-order chi connectivity index (χ0) is 13.9. The Morgan fingerprint density at radius 2 is 1.74 bits per heavy atom.